The molecule has 1 saturated heterocycles. The zero-order valence-electron chi connectivity index (χ0n) is 27.6. The first-order valence-electron chi connectivity index (χ1n) is 16.0. The quantitative estimate of drug-likeness (QED) is 0.281. The normalized spacial score (nSPS) is 18.3. The van der Waals surface area contributed by atoms with E-state index in [1.807, 2.05) is 24.6 Å². The van der Waals surface area contributed by atoms with E-state index in [1.54, 1.807) is 28.1 Å². The molecule has 3 amide bonds. The fourth-order valence-corrected chi connectivity index (χ4v) is 6.71. The molecule has 48 heavy (non-hydrogen) atoms. The van der Waals surface area contributed by atoms with Gasteiger partial charge in [0, 0.05) is 36.4 Å². The molecule has 2 aliphatic heterocycles. The fourth-order valence-electron chi connectivity index (χ4n) is 6.61. The molecule has 3 aromatic heterocycles. The number of hydrogen-bond donors (Lipinski definition) is 2. The van der Waals surface area contributed by atoms with E-state index in [4.69, 9.17) is 32.2 Å². The molecule has 0 saturated carbocycles. The molecule has 0 spiro atoms. The first kappa shape index (κ1) is 33.3. The molecule has 13 nitrogen and oxygen atoms in total. The number of nitrogens with zero attached hydrogens (tertiary/aromatic N) is 7. The molecule has 3 N–H and O–H groups in total. The summed E-state index contributed by atoms with van der Waals surface area (Å²) in [4.78, 5) is 55.7. The van der Waals surface area contributed by atoms with E-state index in [-0.39, 0.29) is 42.8 Å². The Hall–Kier alpha value is -4.62. The highest BCUT2D eigenvalue weighted by Crippen LogP contribution is 2.42. The first-order chi connectivity index (χ1) is 22.7. The molecule has 0 unspecified atom stereocenters. The van der Waals surface area contributed by atoms with Gasteiger partial charge in [0.05, 0.1) is 40.8 Å². The van der Waals surface area contributed by atoms with E-state index in [0.717, 1.165) is 0 Å². The summed E-state index contributed by atoms with van der Waals surface area (Å²) in [5.41, 5.74) is 7.91. The van der Waals surface area contributed by atoms with E-state index < -0.39 is 11.5 Å². The highest BCUT2D eigenvalue weighted by atomic mass is 35.5. The molecule has 0 aliphatic carbocycles. The van der Waals surface area contributed by atoms with Crippen LogP contribution in [0.15, 0.2) is 36.8 Å². The number of aromatic nitrogens is 5. The molecule has 252 valence electrons. The van der Waals surface area contributed by atoms with Crippen LogP contribution in [0.2, 0.25) is 5.02 Å². The Morgan fingerprint density at radius 2 is 1.92 bits per heavy atom. The zero-order valence-corrected chi connectivity index (χ0v) is 28.4. The molecule has 14 heteroatoms. The zero-order chi connectivity index (χ0) is 34.5. The van der Waals surface area contributed by atoms with Gasteiger partial charge in [-0.2, -0.15) is 5.10 Å². The highest BCUT2D eigenvalue weighted by molar-refractivity contribution is 6.30. The molecular weight excluding hydrogens is 636 g/mol. The van der Waals surface area contributed by atoms with Crippen molar-refractivity contribution in [3.8, 4) is 16.9 Å². The third kappa shape index (κ3) is 6.31. The van der Waals surface area contributed by atoms with Crippen LogP contribution in [0.3, 0.4) is 0 Å². The van der Waals surface area contributed by atoms with Gasteiger partial charge >= 0.3 is 0 Å². The number of halogens is 1. The molecule has 2 aliphatic rings. The lowest BCUT2D eigenvalue weighted by Gasteiger charge is -2.39. The van der Waals surface area contributed by atoms with Crippen LogP contribution in [0, 0.1) is 11.8 Å². The number of carbonyl (C=O) groups is 3. The molecule has 2 atom stereocenters. The third-order valence-corrected chi connectivity index (χ3v) is 9.01. The van der Waals surface area contributed by atoms with Crippen molar-refractivity contribution in [2.45, 2.75) is 65.6 Å². The molecule has 0 radical (unpaired) electrons. The van der Waals surface area contributed by atoms with Crippen molar-refractivity contribution in [3.63, 3.8) is 0 Å². The average molecular weight is 675 g/mol. The maximum atomic E-state index is 13.2. The number of benzene rings is 1. The molecule has 4 aromatic rings. The second kappa shape index (κ2) is 12.8. The van der Waals surface area contributed by atoms with E-state index in [2.05, 4.69) is 16.9 Å². The number of pyridine rings is 1. The number of rotatable bonds is 8. The monoisotopic (exact) mass is 674 g/mol. The van der Waals surface area contributed by atoms with Crippen molar-refractivity contribution in [2.24, 2.45) is 17.6 Å². The maximum absolute atomic E-state index is 13.2. The number of anilines is 1. The van der Waals surface area contributed by atoms with Crippen molar-refractivity contribution in [3.05, 3.63) is 58.9 Å². The van der Waals surface area contributed by atoms with Gasteiger partial charge in [0.25, 0.3) is 17.7 Å². The summed E-state index contributed by atoms with van der Waals surface area (Å²) in [5, 5.41) is 16.2. The van der Waals surface area contributed by atoms with Crippen molar-refractivity contribution in [1.82, 2.24) is 29.6 Å². The Balaban J connectivity index is 1.44. The van der Waals surface area contributed by atoms with Gasteiger partial charge in [0.2, 0.25) is 0 Å². The molecule has 6 rings (SSSR count). The van der Waals surface area contributed by atoms with Crippen molar-refractivity contribution < 1.29 is 24.2 Å². The summed E-state index contributed by atoms with van der Waals surface area (Å²) in [7, 11) is 0. The summed E-state index contributed by atoms with van der Waals surface area (Å²) in [6.07, 6.45) is 5.78. The summed E-state index contributed by atoms with van der Waals surface area (Å²) in [6, 6.07) is 5.33. The van der Waals surface area contributed by atoms with E-state index in [9.17, 15) is 19.5 Å². The second-order valence-corrected chi connectivity index (χ2v) is 13.9. The number of carbonyl (C=O) groups excluding carboxylic acids is 3. The summed E-state index contributed by atoms with van der Waals surface area (Å²) in [5.74, 6) is -0.0995. The number of aliphatic hydroxyl groups is 1. The van der Waals surface area contributed by atoms with Crippen molar-refractivity contribution >= 4 is 46.0 Å². The standard InChI is InChI=1S/C34H39ClN8O5/c1-18(2)10-23-30(31(36)45)29(20-6-7-25-26(11-20)48-17-28(44)42(25)16-27-37-12-21(35)13-38-27)22-14-39-43(32(22)40-23)24-8-9-41(15-19(24)3)33(46)34(4,5)47/h6-7,11-14,18-19,24,47H,8-10,15-17H2,1-5H3,(H2,36,45)/t19-,24-/m1/s1. The Bertz CT molecular complexity index is 1900. The minimum atomic E-state index is -1.45. The molecule has 0 bridgehead atoms. The smallest absolute Gasteiger partial charge is 0.265 e. The summed E-state index contributed by atoms with van der Waals surface area (Å²) < 4.78 is 7.80. The number of nitrogens with two attached hydrogens (primary N) is 1. The minimum absolute atomic E-state index is 0.00745. The van der Waals surface area contributed by atoms with Crippen LogP contribution in [0.5, 0.6) is 5.75 Å². The highest BCUT2D eigenvalue weighted by Gasteiger charge is 2.37. The predicted octanol–water partition coefficient (Wildman–Crippen LogP) is 3.95. The second-order valence-electron chi connectivity index (χ2n) is 13.5. The largest absolute Gasteiger partial charge is 0.482 e. The lowest BCUT2D eigenvalue weighted by atomic mass is 9.91. The van der Waals surface area contributed by atoms with Crippen molar-refractivity contribution in [1.29, 1.82) is 0 Å². The van der Waals surface area contributed by atoms with Crippen LogP contribution >= 0.6 is 11.6 Å². The predicted molar refractivity (Wildman–Crippen MR) is 179 cm³/mol. The van der Waals surface area contributed by atoms with Crippen LogP contribution in [-0.2, 0) is 22.6 Å². The maximum Gasteiger partial charge on any atom is 0.265 e. The molecule has 1 fully saturated rings. The molecule has 1 aromatic carbocycles. The van der Waals surface area contributed by atoms with Gasteiger partial charge in [-0.25, -0.2) is 19.6 Å². The van der Waals surface area contributed by atoms with Gasteiger partial charge in [-0.15, -0.1) is 0 Å². The number of likely N-dealkylation sites (tertiary alicyclic amines) is 1. The van der Waals surface area contributed by atoms with Crippen LogP contribution in [0.25, 0.3) is 22.2 Å². The SMILES string of the molecule is CC(C)Cc1nc2c(cnn2[C@@H]2CCN(C(=O)C(C)(C)O)C[C@H]2C)c(-c2ccc3c(c2)OCC(=O)N3Cc2ncc(Cl)cn2)c1C(N)=O. The van der Waals surface area contributed by atoms with Gasteiger partial charge in [-0.3, -0.25) is 19.3 Å². The Morgan fingerprint density at radius 3 is 2.56 bits per heavy atom. The van der Waals surface area contributed by atoms with Gasteiger partial charge < -0.3 is 20.5 Å². The van der Waals surface area contributed by atoms with Crippen molar-refractivity contribution in [2.75, 3.05) is 24.6 Å². The van der Waals surface area contributed by atoms with Crippen LogP contribution in [0.1, 0.15) is 69.0 Å². The lowest BCUT2D eigenvalue weighted by Crippen LogP contribution is -2.51. The van der Waals surface area contributed by atoms with E-state index in [0.29, 0.717) is 81.6 Å². The number of primary amides is 1. The number of hydrogen-bond acceptors (Lipinski definition) is 9. The Labute approximate surface area is 283 Å². The summed E-state index contributed by atoms with van der Waals surface area (Å²) in [6.45, 7) is 10.0. The topological polar surface area (TPSA) is 170 Å². The van der Waals surface area contributed by atoms with E-state index >= 15 is 0 Å². The lowest BCUT2D eigenvalue weighted by molar-refractivity contribution is -0.150. The van der Waals surface area contributed by atoms with Crippen LogP contribution < -0.4 is 15.4 Å². The number of ether oxygens (including phenoxy) is 1. The third-order valence-electron chi connectivity index (χ3n) is 8.82. The minimum Gasteiger partial charge on any atom is -0.482 e. The molecular formula is C34H39ClN8O5. The van der Waals surface area contributed by atoms with Crippen LogP contribution in [0.4, 0.5) is 5.69 Å². The van der Waals surface area contributed by atoms with E-state index in [1.165, 1.54) is 26.2 Å². The van der Waals surface area contributed by atoms with Gasteiger partial charge in [-0.05, 0) is 56.2 Å². The number of piperidine rings is 1. The van der Waals surface area contributed by atoms with Gasteiger partial charge in [0.1, 0.15) is 17.2 Å². The molecule has 5 heterocycles. The number of amides is 3. The Kier molecular flexibility index (Phi) is 8.86. The first-order valence-corrected chi connectivity index (χ1v) is 16.4. The van der Waals surface area contributed by atoms with Gasteiger partial charge in [-0.1, -0.05) is 38.4 Å². The number of fused-ring (bicyclic) bond motifs is 2. The Morgan fingerprint density at radius 1 is 1.19 bits per heavy atom. The summed E-state index contributed by atoms with van der Waals surface area (Å²) >= 11 is 5.95. The average Bonchev–Trinajstić information content (AvgIpc) is 3.44. The van der Waals surface area contributed by atoms with Gasteiger partial charge in [0.15, 0.2) is 12.3 Å². The van der Waals surface area contributed by atoms with Crippen LogP contribution in [-0.4, -0.2) is 77.8 Å². The fraction of sp³-hybridized carbons (Fsp3) is 0.441.